The van der Waals surface area contributed by atoms with Crippen LogP contribution < -0.4 is 9.80 Å². The predicted octanol–water partition coefficient (Wildman–Crippen LogP) is 2.08. The molecule has 1 saturated heterocycles. The zero-order chi connectivity index (χ0) is 15.6. The van der Waals surface area contributed by atoms with E-state index in [1.165, 1.54) is 35.3 Å². The molecular formula is C18H21N4S+. The van der Waals surface area contributed by atoms with Crippen molar-refractivity contribution in [3.63, 3.8) is 0 Å². The first-order valence-electron chi connectivity index (χ1n) is 8.17. The van der Waals surface area contributed by atoms with Gasteiger partial charge in [0.2, 0.25) is 0 Å². The van der Waals surface area contributed by atoms with Crippen LogP contribution in [0.15, 0.2) is 42.7 Å². The van der Waals surface area contributed by atoms with Gasteiger partial charge in [-0.2, -0.15) is 0 Å². The summed E-state index contributed by atoms with van der Waals surface area (Å²) in [6, 6.07) is 12.8. The van der Waals surface area contributed by atoms with Crippen LogP contribution in [0.1, 0.15) is 6.42 Å². The average Bonchev–Trinajstić information content (AvgIpc) is 2.92. The van der Waals surface area contributed by atoms with Gasteiger partial charge >= 0.3 is 0 Å². The molecule has 2 aromatic heterocycles. The van der Waals surface area contributed by atoms with E-state index in [9.17, 15) is 0 Å². The highest BCUT2D eigenvalue weighted by atomic mass is 32.1. The second-order valence-electron chi connectivity index (χ2n) is 6.19. The first-order valence-corrected chi connectivity index (χ1v) is 8.99. The van der Waals surface area contributed by atoms with E-state index >= 15 is 0 Å². The van der Waals surface area contributed by atoms with Gasteiger partial charge in [0.1, 0.15) is 17.0 Å². The Hall–Kier alpha value is -1.98. The van der Waals surface area contributed by atoms with Crippen LogP contribution in [0.3, 0.4) is 0 Å². The maximum Gasteiger partial charge on any atom is 0.140 e. The molecule has 118 valence electrons. The van der Waals surface area contributed by atoms with Gasteiger partial charge in [-0.05, 0) is 11.6 Å². The van der Waals surface area contributed by atoms with Crippen molar-refractivity contribution in [2.45, 2.75) is 6.42 Å². The summed E-state index contributed by atoms with van der Waals surface area (Å²) in [5.74, 6) is 1.10. The Kier molecular flexibility index (Phi) is 3.97. The van der Waals surface area contributed by atoms with E-state index in [1.54, 1.807) is 22.6 Å². The summed E-state index contributed by atoms with van der Waals surface area (Å²) in [5, 5.41) is 1.19. The van der Waals surface area contributed by atoms with Crippen molar-refractivity contribution in [2.24, 2.45) is 0 Å². The summed E-state index contributed by atoms with van der Waals surface area (Å²) in [7, 11) is 2.27. The third-order valence-corrected chi connectivity index (χ3v) is 5.60. The standard InChI is InChI=1S/C18H20N4S/c1-21-8-5-9-22(11-10-21)17-15-12-16(14-6-3-2-4-7-14)23-18(15)20-13-19-17/h2-4,6-7,12-13H,5,8-11H2,1H3/p+1. The number of hydrogen-bond donors (Lipinski definition) is 1. The molecule has 1 aromatic carbocycles. The number of anilines is 1. The molecule has 1 atom stereocenters. The molecule has 1 fully saturated rings. The molecule has 1 aliphatic rings. The van der Waals surface area contributed by atoms with Crippen LogP contribution >= 0.6 is 11.3 Å². The minimum absolute atomic E-state index is 1.06. The number of aromatic nitrogens is 2. The number of nitrogens with zero attached hydrogens (tertiary/aromatic N) is 3. The first kappa shape index (κ1) is 14.6. The number of benzene rings is 1. The number of quaternary nitrogens is 1. The van der Waals surface area contributed by atoms with Crippen molar-refractivity contribution in [1.82, 2.24) is 9.97 Å². The molecule has 3 heterocycles. The molecule has 3 aromatic rings. The quantitative estimate of drug-likeness (QED) is 0.783. The third-order valence-electron chi connectivity index (χ3n) is 4.51. The highest BCUT2D eigenvalue weighted by molar-refractivity contribution is 7.21. The molecule has 5 heteroatoms. The first-order chi connectivity index (χ1) is 11.3. The van der Waals surface area contributed by atoms with E-state index in [0.717, 1.165) is 23.7 Å². The van der Waals surface area contributed by atoms with E-state index in [1.807, 2.05) is 0 Å². The van der Waals surface area contributed by atoms with E-state index in [-0.39, 0.29) is 0 Å². The number of nitrogens with one attached hydrogen (secondary N) is 1. The number of hydrogen-bond acceptors (Lipinski definition) is 4. The second kappa shape index (κ2) is 6.26. The lowest BCUT2D eigenvalue weighted by Gasteiger charge is -2.20. The number of thiophene rings is 1. The summed E-state index contributed by atoms with van der Waals surface area (Å²) in [5.41, 5.74) is 1.25. The molecule has 1 aliphatic heterocycles. The molecule has 4 rings (SSSR count). The Morgan fingerprint density at radius 2 is 1.96 bits per heavy atom. The van der Waals surface area contributed by atoms with Crippen LogP contribution in [-0.2, 0) is 0 Å². The Morgan fingerprint density at radius 3 is 2.83 bits per heavy atom. The monoisotopic (exact) mass is 325 g/mol. The van der Waals surface area contributed by atoms with Crippen molar-refractivity contribution in [1.29, 1.82) is 0 Å². The van der Waals surface area contributed by atoms with Crippen LogP contribution in [0.4, 0.5) is 5.82 Å². The molecule has 23 heavy (non-hydrogen) atoms. The lowest BCUT2D eigenvalue weighted by molar-refractivity contribution is -0.876. The van der Waals surface area contributed by atoms with Crippen LogP contribution in [0.5, 0.6) is 0 Å². The minimum atomic E-state index is 1.06. The Balaban J connectivity index is 1.74. The molecular weight excluding hydrogens is 304 g/mol. The second-order valence-corrected chi connectivity index (χ2v) is 7.22. The van der Waals surface area contributed by atoms with E-state index < -0.39 is 0 Å². The third kappa shape index (κ3) is 2.94. The maximum atomic E-state index is 4.62. The van der Waals surface area contributed by atoms with Crippen LogP contribution in [-0.4, -0.2) is 43.2 Å². The normalized spacial score (nSPS) is 19.0. The highest BCUT2D eigenvalue weighted by Gasteiger charge is 2.19. The average molecular weight is 325 g/mol. The molecule has 4 nitrogen and oxygen atoms in total. The van der Waals surface area contributed by atoms with Gasteiger partial charge in [0.05, 0.1) is 32.1 Å². The molecule has 1 unspecified atom stereocenters. The Morgan fingerprint density at radius 1 is 1.09 bits per heavy atom. The molecule has 0 radical (unpaired) electrons. The van der Waals surface area contributed by atoms with Crippen molar-refractivity contribution in [2.75, 3.05) is 38.1 Å². The van der Waals surface area contributed by atoms with Crippen LogP contribution in [0, 0.1) is 0 Å². The predicted molar refractivity (Wildman–Crippen MR) is 96.3 cm³/mol. The number of fused-ring (bicyclic) bond motifs is 1. The van der Waals surface area contributed by atoms with Crippen molar-refractivity contribution >= 4 is 27.4 Å². The molecule has 0 saturated carbocycles. The summed E-state index contributed by atoms with van der Waals surface area (Å²) in [6.07, 6.45) is 2.93. The molecule has 0 bridgehead atoms. The minimum Gasteiger partial charge on any atom is -0.350 e. The number of likely N-dealkylation sites (N-methyl/N-ethyl adjacent to an activating group) is 1. The smallest absolute Gasteiger partial charge is 0.140 e. The fourth-order valence-electron chi connectivity index (χ4n) is 3.19. The Bertz CT molecular complexity index is 799. The van der Waals surface area contributed by atoms with Gasteiger partial charge in [0.25, 0.3) is 0 Å². The van der Waals surface area contributed by atoms with Gasteiger partial charge in [-0.25, -0.2) is 9.97 Å². The summed E-state index contributed by atoms with van der Waals surface area (Å²) < 4.78 is 0. The van der Waals surface area contributed by atoms with Crippen molar-refractivity contribution in [3.05, 3.63) is 42.7 Å². The molecule has 0 spiro atoms. The van der Waals surface area contributed by atoms with Crippen LogP contribution in [0.2, 0.25) is 0 Å². The molecule has 0 aliphatic carbocycles. The van der Waals surface area contributed by atoms with Crippen LogP contribution in [0.25, 0.3) is 20.7 Å². The highest BCUT2D eigenvalue weighted by Crippen LogP contribution is 2.35. The van der Waals surface area contributed by atoms with Gasteiger partial charge in [-0.15, -0.1) is 11.3 Å². The number of rotatable bonds is 2. The van der Waals surface area contributed by atoms with E-state index in [0.29, 0.717) is 0 Å². The zero-order valence-corrected chi connectivity index (χ0v) is 14.1. The Labute approximate surface area is 140 Å². The van der Waals surface area contributed by atoms with E-state index in [4.69, 9.17) is 0 Å². The fraction of sp³-hybridized carbons (Fsp3) is 0.333. The summed E-state index contributed by atoms with van der Waals surface area (Å²) >= 11 is 1.75. The van der Waals surface area contributed by atoms with Crippen molar-refractivity contribution in [3.8, 4) is 10.4 Å². The SMILES string of the molecule is C[NH+]1CCCN(c2ncnc3sc(-c4ccccc4)cc23)CC1. The van der Waals surface area contributed by atoms with Gasteiger partial charge in [0.15, 0.2) is 0 Å². The zero-order valence-electron chi connectivity index (χ0n) is 13.3. The van der Waals surface area contributed by atoms with Gasteiger partial charge < -0.3 is 9.80 Å². The molecule has 0 amide bonds. The maximum absolute atomic E-state index is 4.62. The van der Waals surface area contributed by atoms with Gasteiger partial charge in [-0.1, -0.05) is 30.3 Å². The van der Waals surface area contributed by atoms with Crippen molar-refractivity contribution < 1.29 is 4.90 Å². The topological polar surface area (TPSA) is 33.5 Å². The summed E-state index contributed by atoms with van der Waals surface area (Å²) in [4.78, 5) is 15.5. The summed E-state index contributed by atoms with van der Waals surface area (Å²) in [6.45, 7) is 4.55. The lowest BCUT2D eigenvalue weighted by Crippen LogP contribution is -3.09. The van der Waals surface area contributed by atoms with E-state index in [2.05, 4.69) is 58.3 Å². The van der Waals surface area contributed by atoms with Gasteiger partial charge in [0, 0.05) is 17.8 Å². The van der Waals surface area contributed by atoms with Gasteiger partial charge in [-0.3, -0.25) is 0 Å². The largest absolute Gasteiger partial charge is 0.350 e. The lowest BCUT2D eigenvalue weighted by atomic mass is 10.2. The molecule has 1 N–H and O–H groups in total. The fourth-order valence-corrected chi connectivity index (χ4v) is 4.18.